The van der Waals surface area contributed by atoms with E-state index in [2.05, 4.69) is 65.1 Å². The summed E-state index contributed by atoms with van der Waals surface area (Å²) < 4.78 is 2.13. The molecule has 2 heterocycles. The summed E-state index contributed by atoms with van der Waals surface area (Å²) in [5, 5.41) is 3.24. The summed E-state index contributed by atoms with van der Waals surface area (Å²) in [4.78, 5) is 4.57. The van der Waals surface area contributed by atoms with Crippen LogP contribution < -0.4 is 5.32 Å². The first kappa shape index (κ1) is 12.7. The number of dihydropyridines is 1. The Bertz CT molecular complexity index is 662. The molecule has 102 valence electrons. The van der Waals surface area contributed by atoms with Crippen molar-refractivity contribution in [1.29, 1.82) is 0 Å². The van der Waals surface area contributed by atoms with E-state index >= 15 is 0 Å². The minimum atomic E-state index is 0.477. The van der Waals surface area contributed by atoms with E-state index in [0.717, 1.165) is 18.1 Å². The maximum Gasteiger partial charge on any atom is 0.144 e. The number of nitrogens with one attached hydrogen (secondary N) is 1. The smallest absolute Gasteiger partial charge is 0.144 e. The Morgan fingerprint density at radius 1 is 1.25 bits per heavy atom. The van der Waals surface area contributed by atoms with E-state index in [9.17, 15) is 0 Å². The molecule has 0 unspecified atom stereocenters. The molecule has 2 aromatic rings. The molecular weight excluding hydrogens is 246 g/mol. The molecule has 3 heteroatoms. The molecule has 0 spiro atoms. The van der Waals surface area contributed by atoms with Crippen LogP contribution in [0, 0.1) is 0 Å². The fourth-order valence-corrected chi connectivity index (χ4v) is 2.52. The van der Waals surface area contributed by atoms with Crippen molar-refractivity contribution in [2.24, 2.45) is 0 Å². The zero-order valence-corrected chi connectivity index (χ0v) is 11.9. The normalized spacial score (nSPS) is 14.2. The second kappa shape index (κ2) is 5.37. The first-order valence-corrected chi connectivity index (χ1v) is 7.00. The van der Waals surface area contributed by atoms with Crippen molar-refractivity contribution in [2.45, 2.75) is 19.8 Å². The average molecular weight is 265 g/mol. The lowest BCUT2D eigenvalue weighted by Crippen LogP contribution is -2.12. The highest BCUT2D eigenvalue weighted by Crippen LogP contribution is 2.29. The highest BCUT2D eigenvalue weighted by molar-refractivity contribution is 5.69. The van der Waals surface area contributed by atoms with Gasteiger partial charge in [0, 0.05) is 30.7 Å². The first-order chi connectivity index (χ1) is 9.77. The predicted octanol–water partition coefficient (Wildman–Crippen LogP) is 3.63. The van der Waals surface area contributed by atoms with Gasteiger partial charge in [0.25, 0.3) is 0 Å². The zero-order valence-electron chi connectivity index (χ0n) is 11.9. The molecule has 1 aromatic heterocycles. The third-order valence-corrected chi connectivity index (χ3v) is 3.52. The summed E-state index contributed by atoms with van der Waals surface area (Å²) >= 11 is 0. The van der Waals surface area contributed by atoms with Crippen molar-refractivity contribution in [3.05, 3.63) is 60.6 Å². The molecule has 3 rings (SSSR count). The Morgan fingerprint density at radius 3 is 2.85 bits per heavy atom. The van der Waals surface area contributed by atoms with Crippen LogP contribution in [0.3, 0.4) is 0 Å². The molecule has 0 atom stereocenters. The van der Waals surface area contributed by atoms with Gasteiger partial charge in [0.2, 0.25) is 0 Å². The molecule has 0 bridgehead atoms. The molecule has 3 nitrogen and oxygen atoms in total. The van der Waals surface area contributed by atoms with Crippen molar-refractivity contribution in [3.63, 3.8) is 0 Å². The fraction of sp³-hybridized carbons (Fsp3) is 0.235. The van der Waals surface area contributed by atoms with Crippen molar-refractivity contribution in [3.8, 4) is 11.4 Å². The Labute approximate surface area is 119 Å². The largest absolute Gasteiger partial charge is 0.386 e. The van der Waals surface area contributed by atoms with Crippen LogP contribution in [0.15, 0.2) is 55.0 Å². The van der Waals surface area contributed by atoms with Crippen LogP contribution in [0.5, 0.6) is 0 Å². The lowest BCUT2D eigenvalue weighted by atomic mass is 9.97. The number of rotatable bonds is 3. The van der Waals surface area contributed by atoms with E-state index in [0.29, 0.717) is 5.92 Å². The van der Waals surface area contributed by atoms with Crippen molar-refractivity contribution in [2.75, 3.05) is 6.54 Å². The van der Waals surface area contributed by atoms with Crippen LogP contribution in [0.4, 0.5) is 0 Å². The quantitative estimate of drug-likeness (QED) is 0.918. The third kappa shape index (κ3) is 2.27. The summed E-state index contributed by atoms with van der Waals surface area (Å²) in [5.74, 6) is 1.47. The van der Waals surface area contributed by atoms with Gasteiger partial charge in [0.15, 0.2) is 0 Å². The number of hydrogen-bond acceptors (Lipinski definition) is 2. The first-order valence-electron chi connectivity index (χ1n) is 7.00. The number of aromatic nitrogens is 2. The molecule has 0 saturated heterocycles. The van der Waals surface area contributed by atoms with Gasteiger partial charge in [-0.1, -0.05) is 44.2 Å². The van der Waals surface area contributed by atoms with E-state index < -0.39 is 0 Å². The molecule has 0 radical (unpaired) electrons. The van der Waals surface area contributed by atoms with Gasteiger partial charge in [-0.15, -0.1) is 0 Å². The summed E-state index contributed by atoms with van der Waals surface area (Å²) in [7, 11) is 0. The number of imidazole rings is 1. The highest BCUT2D eigenvalue weighted by Gasteiger charge is 2.14. The lowest BCUT2D eigenvalue weighted by Gasteiger charge is -2.16. The van der Waals surface area contributed by atoms with Crippen molar-refractivity contribution >= 4 is 5.70 Å². The topological polar surface area (TPSA) is 29.9 Å². The standard InChI is InChI=1S/C17H19N3/c1-13(2)15-7-3-4-8-16(15)17-19-10-11-20(17)14-6-5-9-18-12-14/h3-8,10-13,18H,9H2,1-2H3. The fourth-order valence-electron chi connectivity index (χ4n) is 2.52. The second-order valence-electron chi connectivity index (χ2n) is 5.24. The summed E-state index contributed by atoms with van der Waals surface area (Å²) in [6.07, 6.45) is 10.1. The van der Waals surface area contributed by atoms with Crippen LogP contribution in [0.25, 0.3) is 17.1 Å². The Morgan fingerprint density at radius 2 is 2.10 bits per heavy atom. The molecule has 0 aliphatic carbocycles. The van der Waals surface area contributed by atoms with E-state index in [1.54, 1.807) is 0 Å². The maximum absolute atomic E-state index is 4.57. The molecule has 1 aliphatic heterocycles. The second-order valence-corrected chi connectivity index (χ2v) is 5.24. The van der Waals surface area contributed by atoms with Crippen molar-refractivity contribution < 1.29 is 0 Å². The third-order valence-electron chi connectivity index (χ3n) is 3.52. The van der Waals surface area contributed by atoms with E-state index in [-0.39, 0.29) is 0 Å². The minimum absolute atomic E-state index is 0.477. The Balaban J connectivity index is 2.11. The van der Waals surface area contributed by atoms with Gasteiger partial charge in [-0.25, -0.2) is 4.98 Å². The molecule has 1 aromatic carbocycles. The SMILES string of the molecule is CC(C)c1ccccc1-c1nccn1C1=CNCC=C1. The van der Waals surface area contributed by atoms with Crippen LogP contribution in [-0.4, -0.2) is 16.1 Å². The number of benzene rings is 1. The molecule has 1 aliphatic rings. The molecule has 0 amide bonds. The zero-order chi connectivity index (χ0) is 13.9. The van der Waals surface area contributed by atoms with Gasteiger partial charge in [-0.05, 0) is 17.6 Å². The summed E-state index contributed by atoms with van der Waals surface area (Å²) in [6.45, 7) is 5.32. The average Bonchev–Trinajstić information content (AvgIpc) is 2.97. The van der Waals surface area contributed by atoms with Gasteiger partial charge in [0.1, 0.15) is 5.82 Å². The molecular formula is C17H19N3. The van der Waals surface area contributed by atoms with E-state index in [4.69, 9.17) is 0 Å². The van der Waals surface area contributed by atoms with Gasteiger partial charge < -0.3 is 5.32 Å². The number of hydrogen-bond donors (Lipinski definition) is 1. The van der Waals surface area contributed by atoms with Crippen LogP contribution in [0.2, 0.25) is 0 Å². The van der Waals surface area contributed by atoms with E-state index in [1.807, 2.05) is 18.6 Å². The monoisotopic (exact) mass is 265 g/mol. The van der Waals surface area contributed by atoms with Gasteiger partial charge in [0.05, 0.1) is 5.70 Å². The van der Waals surface area contributed by atoms with Crippen molar-refractivity contribution in [1.82, 2.24) is 14.9 Å². The molecule has 20 heavy (non-hydrogen) atoms. The maximum atomic E-state index is 4.57. The van der Waals surface area contributed by atoms with Crippen LogP contribution >= 0.6 is 0 Å². The minimum Gasteiger partial charge on any atom is -0.386 e. The molecule has 0 saturated carbocycles. The summed E-state index contributed by atoms with van der Waals surface area (Å²) in [5.41, 5.74) is 3.64. The Kier molecular flexibility index (Phi) is 3.42. The lowest BCUT2D eigenvalue weighted by molar-refractivity contribution is 0.865. The van der Waals surface area contributed by atoms with Gasteiger partial charge in [-0.2, -0.15) is 0 Å². The van der Waals surface area contributed by atoms with Gasteiger partial charge in [-0.3, -0.25) is 4.57 Å². The van der Waals surface area contributed by atoms with Gasteiger partial charge >= 0.3 is 0 Å². The van der Waals surface area contributed by atoms with E-state index in [1.165, 1.54) is 11.1 Å². The van der Waals surface area contributed by atoms with Crippen LogP contribution in [0.1, 0.15) is 25.3 Å². The van der Waals surface area contributed by atoms with Crippen LogP contribution in [-0.2, 0) is 0 Å². The predicted molar refractivity (Wildman–Crippen MR) is 83.2 cm³/mol. The molecule has 1 N–H and O–H groups in total. The number of allylic oxidation sites excluding steroid dienone is 2. The summed E-state index contributed by atoms with van der Waals surface area (Å²) in [6, 6.07) is 8.49. The number of nitrogens with zero attached hydrogens (tertiary/aromatic N) is 2. The Hall–Kier alpha value is -2.29. The molecule has 0 fully saturated rings. The highest BCUT2D eigenvalue weighted by atomic mass is 15.1.